The molecule has 4 saturated heterocycles. The highest BCUT2D eigenvalue weighted by Crippen LogP contribution is 2.31. The van der Waals surface area contributed by atoms with Crippen molar-refractivity contribution in [3.8, 4) is 0 Å². The van der Waals surface area contributed by atoms with Crippen molar-refractivity contribution < 1.29 is 14.1 Å². The number of aryl methyl sites for hydroxylation is 2. The average molecular weight is 375 g/mol. The summed E-state index contributed by atoms with van der Waals surface area (Å²) in [7, 11) is 0. The maximum atomic E-state index is 13.0. The summed E-state index contributed by atoms with van der Waals surface area (Å²) in [4.78, 5) is 31.8. The Bertz CT molecular complexity index is 693. The van der Waals surface area contributed by atoms with E-state index in [-0.39, 0.29) is 23.8 Å². The number of hydrogen-bond donors (Lipinski definition) is 1. The number of nitrogens with zero attached hydrogens (tertiary/aromatic N) is 4. The number of fused-ring (bicyclic) bond motifs is 4. The van der Waals surface area contributed by atoms with Crippen molar-refractivity contribution in [3.05, 3.63) is 17.0 Å². The molecule has 2 bridgehead atoms. The van der Waals surface area contributed by atoms with E-state index in [0.717, 1.165) is 62.6 Å². The molecule has 1 N–H and O–H groups in total. The van der Waals surface area contributed by atoms with Crippen molar-refractivity contribution in [1.82, 2.24) is 25.2 Å². The maximum Gasteiger partial charge on any atom is 0.236 e. The Balaban J connectivity index is 1.44. The zero-order chi connectivity index (χ0) is 19.0. The Kier molecular flexibility index (Phi) is 5.19. The molecule has 4 fully saturated rings. The van der Waals surface area contributed by atoms with Gasteiger partial charge in [0.05, 0.1) is 24.7 Å². The Hall–Kier alpha value is -1.93. The summed E-state index contributed by atoms with van der Waals surface area (Å²) in [6, 6.07) is 0.153. The number of piperidine rings is 1. The molecule has 5 rings (SSSR count). The van der Waals surface area contributed by atoms with Crippen molar-refractivity contribution in [2.24, 2.45) is 5.92 Å². The monoisotopic (exact) mass is 375 g/mol. The first-order valence-corrected chi connectivity index (χ1v) is 9.96. The molecular formula is C19H29N5O3. The number of nitrogens with one attached hydrogen (secondary N) is 1. The molecule has 148 valence electrons. The lowest BCUT2D eigenvalue weighted by Gasteiger charge is -2.36. The second kappa shape index (κ2) is 7.59. The minimum atomic E-state index is -0.0138. The Morgan fingerprint density at radius 2 is 2.00 bits per heavy atom. The van der Waals surface area contributed by atoms with Gasteiger partial charge >= 0.3 is 0 Å². The van der Waals surface area contributed by atoms with E-state index in [1.807, 2.05) is 23.6 Å². The lowest BCUT2D eigenvalue weighted by molar-refractivity contribution is -0.140. The minimum absolute atomic E-state index is 0.0138. The fourth-order valence-corrected chi connectivity index (χ4v) is 4.57. The van der Waals surface area contributed by atoms with Crippen LogP contribution in [0.1, 0.15) is 29.9 Å². The molecule has 1 aromatic heterocycles. The third kappa shape index (κ3) is 3.73. The van der Waals surface area contributed by atoms with E-state index in [1.54, 1.807) is 0 Å². The largest absolute Gasteiger partial charge is 0.361 e. The maximum absolute atomic E-state index is 13.0. The van der Waals surface area contributed by atoms with Gasteiger partial charge < -0.3 is 19.6 Å². The minimum Gasteiger partial charge on any atom is -0.361 e. The van der Waals surface area contributed by atoms with E-state index in [9.17, 15) is 9.59 Å². The van der Waals surface area contributed by atoms with Crippen molar-refractivity contribution in [1.29, 1.82) is 0 Å². The first-order valence-electron chi connectivity index (χ1n) is 9.96. The van der Waals surface area contributed by atoms with Crippen LogP contribution in [0.5, 0.6) is 0 Å². The molecule has 2 atom stereocenters. The summed E-state index contributed by atoms with van der Waals surface area (Å²) in [5.41, 5.74) is 1.87. The molecular weight excluding hydrogens is 346 g/mol. The molecule has 0 saturated carbocycles. The summed E-state index contributed by atoms with van der Waals surface area (Å²) < 4.78 is 5.27. The lowest BCUT2D eigenvalue weighted by Crippen LogP contribution is -2.50. The van der Waals surface area contributed by atoms with E-state index in [1.165, 1.54) is 0 Å². The zero-order valence-corrected chi connectivity index (χ0v) is 16.2. The van der Waals surface area contributed by atoms with Gasteiger partial charge in [-0.25, -0.2) is 0 Å². The summed E-state index contributed by atoms with van der Waals surface area (Å²) in [5, 5.41) is 7.30. The molecule has 8 heteroatoms. The molecule has 2 amide bonds. The molecule has 27 heavy (non-hydrogen) atoms. The Morgan fingerprint density at radius 3 is 2.70 bits per heavy atom. The van der Waals surface area contributed by atoms with Gasteiger partial charge in [-0.3, -0.25) is 14.5 Å². The standard InChI is InChI=1S/C19H29N5O3/c1-13-17(14(2)27-21-13)11-24-16-4-3-15(19(24)26)9-22(10-16)12-18(25)23-7-5-20-6-8-23/h15-16,20H,3-12H2,1-2H3/t15-,16+/m1/s1. The van der Waals surface area contributed by atoms with Crippen LogP contribution in [-0.4, -0.2) is 83.5 Å². The Labute approximate surface area is 159 Å². The highest BCUT2D eigenvalue weighted by Gasteiger charge is 2.41. The quantitative estimate of drug-likeness (QED) is 0.807. The van der Waals surface area contributed by atoms with Gasteiger partial charge in [0.2, 0.25) is 11.8 Å². The molecule has 0 radical (unpaired) electrons. The van der Waals surface area contributed by atoms with Crippen molar-refractivity contribution in [3.63, 3.8) is 0 Å². The molecule has 0 aliphatic carbocycles. The number of aromatic nitrogens is 1. The van der Waals surface area contributed by atoms with Crippen LogP contribution >= 0.6 is 0 Å². The van der Waals surface area contributed by atoms with Crippen LogP contribution in [-0.2, 0) is 16.1 Å². The molecule has 4 aliphatic rings. The van der Waals surface area contributed by atoms with Crippen molar-refractivity contribution in [2.75, 3.05) is 45.8 Å². The van der Waals surface area contributed by atoms with Crippen molar-refractivity contribution in [2.45, 2.75) is 39.3 Å². The number of carbonyl (C=O) groups excluding carboxylic acids is 2. The van der Waals surface area contributed by atoms with Crippen LogP contribution in [0.2, 0.25) is 0 Å². The van der Waals surface area contributed by atoms with E-state index in [4.69, 9.17) is 4.52 Å². The molecule has 0 unspecified atom stereocenters. The summed E-state index contributed by atoms with van der Waals surface area (Å²) in [5.74, 6) is 1.16. The summed E-state index contributed by atoms with van der Waals surface area (Å²) in [6.07, 6.45) is 1.91. The van der Waals surface area contributed by atoms with Gasteiger partial charge in [0.15, 0.2) is 0 Å². The zero-order valence-electron chi connectivity index (χ0n) is 16.2. The smallest absolute Gasteiger partial charge is 0.236 e. The van der Waals surface area contributed by atoms with Gasteiger partial charge in [-0.15, -0.1) is 0 Å². The summed E-state index contributed by atoms with van der Waals surface area (Å²) >= 11 is 0. The topological polar surface area (TPSA) is 81.9 Å². The molecule has 0 aromatic carbocycles. The third-order valence-corrected chi connectivity index (χ3v) is 6.21. The van der Waals surface area contributed by atoms with Crippen LogP contribution in [0, 0.1) is 19.8 Å². The van der Waals surface area contributed by atoms with Crippen molar-refractivity contribution >= 4 is 11.8 Å². The van der Waals surface area contributed by atoms with Crippen LogP contribution < -0.4 is 5.32 Å². The van der Waals surface area contributed by atoms with E-state index < -0.39 is 0 Å². The number of amides is 2. The highest BCUT2D eigenvalue weighted by atomic mass is 16.5. The predicted octanol–water partition coefficient (Wildman–Crippen LogP) is 0.146. The number of rotatable bonds is 4. The second-order valence-electron chi connectivity index (χ2n) is 8.02. The Morgan fingerprint density at radius 1 is 1.22 bits per heavy atom. The molecule has 5 heterocycles. The number of hydrogen-bond acceptors (Lipinski definition) is 6. The third-order valence-electron chi connectivity index (χ3n) is 6.21. The molecule has 1 aromatic rings. The van der Waals surface area contributed by atoms with E-state index in [0.29, 0.717) is 19.6 Å². The summed E-state index contributed by atoms with van der Waals surface area (Å²) in [6.45, 7) is 9.52. The van der Waals surface area contributed by atoms with Crippen LogP contribution in [0.4, 0.5) is 0 Å². The van der Waals surface area contributed by atoms with Gasteiger partial charge in [-0.2, -0.15) is 0 Å². The van der Waals surface area contributed by atoms with Crippen LogP contribution in [0.3, 0.4) is 0 Å². The van der Waals surface area contributed by atoms with Crippen LogP contribution in [0.15, 0.2) is 4.52 Å². The lowest BCUT2D eigenvalue weighted by atomic mass is 9.93. The van der Waals surface area contributed by atoms with Gasteiger partial charge in [0, 0.05) is 50.9 Å². The first kappa shape index (κ1) is 18.4. The van der Waals surface area contributed by atoms with Gasteiger partial charge in [0.1, 0.15) is 5.76 Å². The molecule has 8 nitrogen and oxygen atoms in total. The molecule has 4 aliphatic heterocycles. The van der Waals surface area contributed by atoms with E-state index >= 15 is 0 Å². The fourth-order valence-electron chi connectivity index (χ4n) is 4.57. The highest BCUT2D eigenvalue weighted by molar-refractivity contribution is 5.81. The average Bonchev–Trinajstić information content (AvgIpc) is 2.83. The van der Waals surface area contributed by atoms with Gasteiger partial charge in [-0.05, 0) is 26.7 Å². The van der Waals surface area contributed by atoms with E-state index in [2.05, 4.69) is 15.4 Å². The SMILES string of the molecule is Cc1noc(C)c1CN1C(=O)[C@@H]2CC[C@H]1CN(CC(=O)N1CCNCC1)C2. The molecule has 0 spiro atoms. The number of carbonyl (C=O) groups is 2. The van der Waals surface area contributed by atoms with Gasteiger partial charge in [-0.1, -0.05) is 5.16 Å². The predicted molar refractivity (Wildman–Crippen MR) is 98.9 cm³/mol. The normalized spacial score (nSPS) is 26.5. The second-order valence-corrected chi connectivity index (χ2v) is 8.02. The first-order chi connectivity index (χ1) is 13.0. The fraction of sp³-hybridized carbons (Fsp3) is 0.737. The van der Waals surface area contributed by atoms with Crippen LogP contribution in [0.25, 0.3) is 0 Å². The number of piperazine rings is 1. The van der Waals surface area contributed by atoms with Gasteiger partial charge in [0.25, 0.3) is 0 Å².